The summed E-state index contributed by atoms with van der Waals surface area (Å²) in [5.41, 5.74) is -1.84. The molecule has 1 aromatic carbocycles. The first-order valence-corrected chi connectivity index (χ1v) is 5.00. The molecule has 1 radical (unpaired) electrons. The molecule has 1 rings (SSSR count). The van der Waals surface area contributed by atoms with Crippen LogP contribution in [-0.2, 0) is 11.0 Å². The minimum Gasteiger partial charge on any atom is -0.228 e. The maximum atomic E-state index is 13.3. The molecule has 1 nitrogen and oxygen atoms in total. The minimum absolute atomic E-state index is 0.296. The lowest BCUT2D eigenvalue weighted by molar-refractivity contribution is -0.359. The summed E-state index contributed by atoms with van der Waals surface area (Å²) in [5, 5.41) is 11.0. The lowest BCUT2D eigenvalue weighted by Gasteiger charge is -2.28. The van der Waals surface area contributed by atoms with Crippen molar-refractivity contribution in [2.45, 2.75) is 31.0 Å². The van der Waals surface area contributed by atoms with Crippen molar-refractivity contribution < 1.29 is 35.8 Å². The maximum absolute atomic E-state index is 13.3. The number of alkyl halides is 7. The molecule has 0 saturated carbocycles. The van der Waals surface area contributed by atoms with Gasteiger partial charge in [0.2, 0.25) is 0 Å². The molecule has 1 aromatic rings. The summed E-state index contributed by atoms with van der Waals surface area (Å²) in [6, 6.07) is 2.69. The fraction of sp³-hybridized carbons (Fsp3) is 0.455. The predicted molar refractivity (Wildman–Crippen MR) is 50.4 cm³/mol. The molecule has 8 heteroatoms. The summed E-state index contributed by atoms with van der Waals surface area (Å²) in [4.78, 5) is 0. The first kappa shape index (κ1) is 15.7. The molecule has 0 aromatic heterocycles. The Morgan fingerprint density at radius 3 is 1.95 bits per heavy atom. The topological polar surface area (TPSA) is 19.9 Å². The lowest BCUT2D eigenvalue weighted by atomic mass is 9.98. The monoisotopic (exact) mass is 289 g/mol. The fourth-order valence-corrected chi connectivity index (χ4v) is 1.35. The van der Waals surface area contributed by atoms with Gasteiger partial charge in [-0.2, -0.15) is 30.7 Å². The van der Waals surface area contributed by atoms with Gasteiger partial charge in [0.15, 0.2) is 0 Å². The number of hydrogen-bond acceptors (Lipinski definition) is 0. The van der Waals surface area contributed by atoms with E-state index >= 15 is 0 Å². The number of hydrogen-bond donors (Lipinski definition) is 0. The molecule has 0 bridgehead atoms. The number of halogens is 7. The van der Waals surface area contributed by atoms with E-state index < -0.39 is 29.7 Å². The summed E-state index contributed by atoms with van der Waals surface area (Å²) in [5.74, 6) is -11.7. The van der Waals surface area contributed by atoms with Crippen molar-refractivity contribution in [3.63, 3.8) is 0 Å². The van der Waals surface area contributed by atoms with E-state index in [4.69, 9.17) is 0 Å². The van der Waals surface area contributed by atoms with E-state index in [1.807, 2.05) is 0 Å². The Morgan fingerprint density at radius 1 is 1.00 bits per heavy atom. The smallest absolute Gasteiger partial charge is 0.228 e. The van der Waals surface area contributed by atoms with Crippen LogP contribution in [0.1, 0.15) is 24.2 Å². The highest BCUT2D eigenvalue weighted by molar-refractivity contribution is 5.30. The van der Waals surface area contributed by atoms with E-state index in [1.54, 1.807) is 0 Å². The van der Waals surface area contributed by atoms with E-state index in [9.17, 15) is 35.8 Å². The van der Waals surface area contributed by atoms with Crippen molar-refractivity contribution >= 4 is 0 Å². The third kappa shape index (κ3) is 2.68. The van der Waals surface area contributed by atoms with Gasteiger partial charge in [0.25, 0.3) is 0 Å². The lowest BCUT2D eigenvalue weighted by Crippen LogP contribution is -2.50. The van der Waals surface area contributed by atoms with Crippen LogP contribution in [0.4, 0.5) is 30.7 Å². The average molecular weight is 289 g/mol. The summed E-state index contributed by atoms with van der Waals surface area (Å²) >= 11 is 0. The van der Waals surface area contributed by atoms with Gasteiger partial charge in [-0.15, -0.1) is 0 Å². The zero-order valence-corrected chi connectivity index (χ0v) is 9.44. The van der Waals surface area contributed by atoms with Crippen molar-refractivity contribution in [1.82, 2.24) is 0 Å². The number of benzene rings is 1. The predicted octanol–water partition coefficient (Wildman–Crippen LogP) is 4.47. The second-order valence-electron chi connectivity index (χ2n) is 3.91. The second kappa shape index (κ2) is 4.66. The van der Waals surface area contributed by atoms with E-state index in [0.717, 1.165) is 19.1 Å². The van der Waals surface area contributed by atoms with Gasteiger partial charge < -0.3 is 0 Å². The Labute approximate surface area is 103 Å². The number of rotatable bonds is 3. The van der Waals surface area contributed by atoms with E-state index in [2.05, 4.69) is 0 Å². The van der Waals surface area contributed by atoms with Crippen LogP contribution in [0.2, 0.25) is 0 Å². The van der Waals surface area contributed by atoms with Crippen LogP contribution in [0.5, 0.6) is 0 Å². The molecule has 0 spiro atoms. The summed E-state index contributed by atoms with van der Waals surface area (Å²) in [6.45, 7) is 1.05. The summed E-state index contributed by atoms with van der Waals surface area (Å²) in [7, 11) is 0. The minimum atomic E-state index is -6.39. The van der Waals surface area contributed by atoms with Crippen LogP contribution >= 0.6 is 0 Å². The van der Waals surface area contributed by atoms with Crippen LogP contribution in [0, 0.1) is 0 Å². The van der Waals surface area contributed by atoms with Crippen molar-refractivity contribution in [1.29, 1.82) is 0 Å². The normalized spacial score (nSPS) is 15.4. The zero-order valence-electron chi connectivity index (χ0n) is 9.44. The molecule has 0 saturated heterocycles. The first-order chi connectivity index (χ1) is 8.41. The Morgan fingerprint density at radius 2 is 1.53 bits per heavy atom. The Bertz CT molecular complexity index is 451. The molecule has 107 valence electrons. The quantitative estimate of drug-likeness (QED) is 0.732. The van der Waals surface area contributed by atoms with Gasteiger partial charge in [0, 0.05) is 5.56 Å². The molecule has 0 N–H and O–H groups in total. The highest BCUT2D eigenvalue weighted by atomic mass is 19.4. The van der Waals surface area contributed by atoms with Crippen molar-refractivity contribution in [2.75, 3.05) is 0 Å². The van der Waals surface area contributed by atoms with Gasteiger partial charge in [-0.05, 0) is 18.6 Å². The van der Waals surface area contributed by atoms with Crippen molar-refractivity contribution in [3.05, 3.63) is 35.4 Å². The molecule has 0 fully saturated rings. The van der Waals surface area contributed by atoms with E-state index in [1.165, 1.54) is 0 Å². The van der Waals surface area contributed by atoms with Crippen LogP contribution in [0.3, 0.4) is 0 Å². The van der Waals surface area contributed by atoms with Crippen LogP contribution in [0.25, 0.3) is 0 Å². The van der Waals surface area contributed by atoms with Gasteiger partial charge in [-0.1, -0.05) is 18.2 Å². The second-order valence-corrected chi connectivity index (χ2v) is 3.91. The fourth-order valence-electron chi connectivity index (χ4n) is 1.35. The maximum Gasteiger partial charge on any atom is 0.460 e. The molecule has 0 aliphatic rings. The van der Waals surface area contributed by atoms with E-state index in [0.29, 0.717) is 12.1 Å². The van der Waals surface area contributed by atoms with Gasteiger partial charge in [-0.3, -0.25) is 0 Å². The van der Waals surface area contributed by atoms with Gasteiger partial charge in [0.05, 0.1) is 0 Å². The summed E-state index contributed by atoms with van der Waals surface area (Å²) < 4.78 is 88.1. The van der Waals surface area contributed by atoms with Crippen LogP contribution in [-0.4, -0.2) is 12.1 Å². The molecule has 0 aliphatic heterocycles. The zero-order chi connectivity index (χ0) is 15.1. The SMILES string of the molecule is CC([O])c1cccc(C(F)(F)C(F)(F)C(F)(F)F)c1. The Kier molecular flexibility index (Phi) is 3.86. The molecular weight excluding hydrogens is 281 g/mol. The molecule has 19 heavy (non-hydrogen) atoms. The third-order valence-electron chi connectivity index (χ3n) is 2.47. The van der Waals surface area contributed by atoms with Crippen molar-refractivity contribution in [3.8, 4) is 0 Å². The van der Waals surface area contributed by atoms with Gasteiger partial charge >= 0.3 is 18.0 Å². The third-order valence-corrected chi connectivity index (χ3v) is 2.47. The van der Waals surface area contributed by atoms with Gasteiger partial charge in [-0.25, -0.2) is 5.11 Å². The Hall–Kier alpha value is -1.31. The largest absolute Gasteiger partial charge is 0.460 e. The molecular formula is C11H8F7O. The van der Waals surface area contributed by atoms with Gasteiger partial charge in [0.1, 0.15) is 6.10 Å². The molecule has 0 aliphatic carbocycles. The van der Waals surface area contributed by atoms with Crippen LogP contribution in [0.15, 0.2) is 24.3 Å². The molecule has 1 unspecified atom stereocenters. The highest BCUT2D eigenvalue weighted by Crippen LogP contribution is 2.51. The molecule has 0 heterocycles. The standard InChI is InChI=1S/C11H8F7O/c1-6(19)7-3-2-4-8(5-7)9(12,13)10(14,15)11(16,17)18/h2-6H,1H3. The van der Waals surface area contributed by atoms with Crippen molar-refractivity contribution in [2.24, 2.45) is 0 Å². The highest BCUT2D eigenvalue weighted by Gasteiger charge is 2.73. The van der Waals surface area contributed by atoms with E-state index in [-0.39, 0.29) is 5.56 Å². The summed E-state index contributed by atoms with van der Waals surface area (Å²) in [6.07, 6.45) is -7.91. The molecule has 0 amide bonds. The average Bonchev–Trinajstić information content (AvgIpc) is 2.27. The first-order valence-electron chi connectivity index (χ1n) is 5.00. The molecule has 1 atom stereocenters. The Balaban J connectivity index is 3.31. The van der Waals surface area contributed by atoms with Crippen LogP contribution < -0.4 is 0 Å².